The number of thioether (sulfide) groups is 1. The van der Waals surface area contributed by atoms with Crippen molar-refractivity contribution in [1.29, 1.82) is 0 Å². The lowest BCUT2D eigenvalue weighted by Crippen LogP contribution is -2.54. The van der Waals surface area contributed by atoms with E-state index < -0.39 is 11.6 Å². The van der Waals surface area contributed by atoms with Crippen LogP contribution in [-0.2, 0) is 22.6 Å². The Hall–Kier alpha value is -2.47. The van der Waals surface area contributed by atoms with Crippen LogP contribution in [0.3, 0.4) is 0 Å². The van der Waals surface area contributed by atoms with Gasteiger partial charge in [-0.25, -0.2) is 0 Å². The summed E-state index contributed by atoms with van der Waals surface area (Å²) in [4.78, 5) is 29.8. The first kappa shape index (κ1) is 27.1. The molecule has 184 valence electrons. The van der Waals surface area contributed by atoms with E-state index in [0.29, 0.717) is 22.0 Å². The van der Waals surface area contributed by atoms with Gasteiger partial charge in [0.1, 0.15) is 6.04 Å². The van der Waals surface area contributed by atoms with Gasteiger partial charge in [-0.1, -0.05) is 77.8 Å². The Morgan fingerprint density at radius 3 is 2.03 bits per heavy atom. The van der Waals surface area contributed by atoms with Gasteiger partial charge in [0.25, 0.3) is 0 Å². The number of rotatable bonds is 9. The van der Waals surface area contributed by atoms with Crippen molar-refractivity contribution >= 4 is 46.8 Å². The van der Waals surface area contributed by atoms with E-state index in [9.17, 15) is 9.59 Å². The fourth-order valence-corrected chi connectivity index (χ4v) is 4.93. The van der Waals surface area contributed by atoms with Crippen LogP contribution >= 0.6 is 35.0 Å². The second-order valence-electron chi connectivity index (χ2n) is 9.27. The van der Waals surface area contributed by atoms with Gasteiger partial charge < -0.3 is 10.2 Å². The molecular formula is C28H30Cl2N2O2S. The summed E-state index contributed by atoms with van der Waals surface area (Å²) in [6.07, 6.45) is 0.368. The van der Waals surface area contributed by atoms with Crippen LogP contribution in [0.4, 0.5) is 0 Å². The lowest BCUT2D eigenvalue weighted by atomic mass is 10.0. The number of halogens is 2. The first-order valence-electron chi connectivity index (χ1n) is 11.4. The van der Waals surface area contributed by atoms with E-state index in [0.717, 1.165) is 10.5 Å². The highest BCUT2D eigenvalue weighted by Crippen LogP contribution is 2.28. The molecule has 35 heavy (non-hydrogen) atoms. The Labute approximate surface area is 222 Å². The molecule has 0 aliphatic rings. The maximum atomic E-state index is 13.7. The molecule has 0 bridgehead atoms. The molecule has 0 aromatic heterocycles. The Bertz CT molecular complexity index is 1110. The van der Waals surface area contributed by atoms with Crippen molar-refractivity contribution in [3.63, 3.8) is 0 Å². The second-order valence-corrected chi connectivity index (χ2v) is 11.1. The first-order chi connectivity index (χ1) is 16.6. The molecule has 1 unspecified atom stereocenters. The van der Waals surface area contributed by atoms with Gasteiger partial charge in [0.2, 0.25) is 11.8 Å². The number of benzene rings is 3. The topological polar surface area (TPSA) is 49.4 Å². The highest BCUT2D eigenvalue weighted by atomic mass is 35.5. The quantitative estimate of drug-likeness (QED) is 0.316. The summed E-state index contributed by atoms with van der Waals surface area (Å²) in [5.74, 6) is -0.206. The summed E-state index contributed by atoms with van der Waals surface area (Å²) >= 11 is 14.4. The van der Waals surface area contributed by atoms with Crippen molar-refractivity contribution in [3.8, 4) is 0 Å². The molecule has 1 atom stereocenters. The largest absolute Gasteiger partial charge is 0.350 e. The van der Waals surface area contributed by atoms with Crippen LogP contribution in [0.15, 0.2) is 83.8 Å². The van der Waals surface area contributed by atoms with Crippen molar-refractivity contribution in [3.05, 3.63) is 100 Å². The molecule has 0 spiro atoms. The van der Waals surface area contributed by atoms with Gasteiger partial charge in [-0.2, -0.15) is 0 Å². The molecule has 3 aromatic carbocycles. The molecule has 0 radical (unpaired) electrons. The Kier molecular flexibility index (Phi) is 9.67. The van der Waals surface area contributed by atoms with E-state index in [1.54, 1.807) is 23.1 Å². The summed E-state index contributed by atoms with van der Waals surface area (Å²) in [6.45, 7) is 5.90. The zero-order chi connectivity index (χ0) is 25.4. The monoisotopic (exact) mass is 528 g/mol. The van der Waals surface area contributed by atoms with E-state index in [4.69, 9.17) is 23.2 Å². The standard InChI is InChI=1S/C28H30Cl2N2O2S/c1-28(2,3)31-27(34)25(17-20-11-6-4-7-12-20)32(18-22-23(29)15-10-16-24(22)30)26(33)19-35-21-13-8-5-9-14-21/h4-16,25H,17-19H2,1-3H3,(H,31,34). The molecule has 0 heterocycles. The van der Waals surface area contributed by atoms with Gasteiger partial charge in [0.15, 0.2) is 0 Å². The second kappa shape index (κ2) is 12.5. The van der Waals surface area contributed by atoms with Crippen molar-refractivity contribution in [2.24, 2.45) is 0 Å². The van der Waals surface area contributed by atoms with Crippen molar-refractivity contribution in [2.75, 3.05) is 5.75 Å². The number of carbonyl (C=O) groups excluding carboxylic acids is 2. The van der Waals surface area contributed by atoms with Crippen LogP contribution in [0.1, 0.15) is 31.9 Å². The van der Waals surface area contributed by atoms with Gasteiger partial charge in [0.05, 0.1) is 5.75 Å². The molecular weight excluding hydrogens is 499 g/mol. The first-order valence-corrected chi connectivity index (χ1v) is 13.1. The lowest BCUT2D eigenvalue weighted by molar-refractivity contribution is -0.140. The number of nitrogens with zero attached hydrogens (tertiary/aromatic N) is 1. The van der Waals surface area contributed by atoms with Crippen LogP contribution < -0.4 is 5.32 Å². The minimum atomic E-state index is -0.743. The molecule has 4 nitrogen and oxygen atoms in total. The summed E-state index contributed by atoms with van der Waals surface area (Å²) in [6, 6.07) is 23.9. The summed E-state index contributed by atoms with van der Waals surface area (Å²) < 4.78 is 0. The molecule has 0 aliphatic heterocycles. The van der Waals surface area contributed by atoms with E-state index in [1.165, 1.54) is 11.8 Å². The number of carbonyl (C=O) groups is 2. The Morgan fingerprint density at radius 1 is 0.886 bits per heavy atom. The molecule has 0 saturated carbocycles. The molecule has 3 rings (SSSR count). The molecule has 3 aromatic rings. The maximum absolute atomic E-state index is 13.7. The van der Waals surface area contributed by atoms with Gasteiger partial charge in [-0.05, 0) is 50.6 Å². The summed E-state index contributed by atoms with van der Waals surface area (Å²) in [5, 5.41) is 3.98. The Morgan fingerprint density at radius 2 is 1.46 bits per heavy atom. The van der Waals surface area contributed by atoms with Crippen molar-refractivity contribution < 1.29 is 9.59 Å². The maximum Gasteiger partial charge on any atom is 0.243 e. The van der Waals surface area contributed by atoms with Gasteiger partial charge in [-0.15, -0.1) is 11.8 Å². The smallest absolute Gasteiger partial charge is 0.243 e. The van der Waals surface area contributed by atoms with E-state index in [1.807, 2.05) is 81.4 Å². The summed E-state index contributed by atoms with van der Waals surface area (Å²) in [7, 11) is 0. The average Bonchev–Trinajstić information content (AvgIpc) is 2.81. The van der Waals surface area contributed by atoms with E-state index >= 15 is 0 Å². The van der Waals surface area contributed by atoms with Crippen LogP contribution in [0.25, 0.3) is 0 Å². The Balaban J connectivity index is 1.97. The third-order valence-corrected chi connectivity index (χ3v) is 6.97. The van der Waals surface area contributed by atoms with E-state index in [2.05, 4.69) is 5.32 Å². The third kappa shape index (κ3) is 8.31. The molecule has 0 saturated heterocycles. The molecule has 2 amide bonds. The lowest BCUT2D eigenvalue weighted by Gasteiger charge is -2.34. The van der Waals surface area contributed by atoms with Crippen LogP contribution in [0.5, 0.6) is 0 Å². The fourth-order valence-electron chi connectivity index (χ4n) is 3.61. The van der Waals surface area contributed by atoms with E-state index in [-0.39, 0.29) is 24.1 Å². The molecule has 0 fully saturated rings. The minimum Gasteiger partial charge on any atom is -0.350 e. The van der Waals surface area contributed by atoms with Gasteiger partial charge in [0, 0.05) is 39.0 Å². The van der Waals surface area contributed by atoms with Crippen LogP contribution in [-0.4, -0.2) is 34.0 Å². The van der Waals surface area contributed by atoms with Crippen LogP contribution in [0, 0.1) is 0 Å². The average molecular weight is 530 g/mol. The number of amides is 2. The number of hydrogen-bond donors (Lipinski definition) is 1. The zero-order valence-electron chi connectivity index (χ0n) is 20.1. The fraction of sp³-hybridized carbons (Fsp3) is 0.286. The van der Waals surface area contributed by atoms with Gasteiger partial charge in [-0.3, -0.25) is 9.59 Å². The highest BCUT2D eigenvalue weighted by Gasteiger charge is 2.33. The molecule has 0 aliphatic carbocycles. The number of hydrogen-bond acceptors (Lipinski definition) is 3. The SMILES string of the molecule is CC(C)(C)NC(=O)C(Cc1ccccc1)N(Cc1c(Cl)cccc1Cl)C(=O)CSc1ccccc1. The predicted molar refractivity (Wildman–Crippen MR) is 146 cm³/mol. The molecule has 1 N–H and O–H groups in total. The van der Waals surface area contributed by atoms with Crippen molar-refractivity contribution in [1.82, 2.24) is 10.2 Å². The van der Waals surface area contributed by atoms with Crippen LogP contribution in [0.2, 0.25) is 10.0 Å². The zero-order valence-corrected chi connectivity index (χ0v) is 22.5. The van der Waals surface area contributed by atoms with Gasteiger partial charge >= 0.3 is 0 Å². The third-order valence-electron chi connectivity index (χ3n) is 5.26. The molecule has 7 heteroatoms. The minimum absolute atomic E-state index is 0.127. The number of nitrogens with one attached hydrogen (secondary N) is 1. The highest BCUT2D eigenvalue weighted by molar-refractivity contribution is 8.00. The normalized spacial score (nSPS) is 12.1. The van der Waals surface area contributed by atoms with Crippen molar-refractivity contribution in [2.45, 2.75) is 50.2 Å². The summed E-state index contributed by atoms with van der Waals surface area (Å²) in [5.41, 5.74) is 1.12. The predicted octanol–water partition coefficient (Wildman–Crippen LogP) is 6.64.